The number of rotatable bonds is 13. The lowest BCUT2D eigenvalue weighted by molar-refractivity contribution is 0.106. The van der Waals surface area contributed by atoms with Gasteiger partial charge in [0.15, 0.2) is 0 Å². The molecule has 2 atom stereocenters. The van der Waals surface area contributed by atoms with Crippen LogP contribution < -0.4 is 20.1 Å². The van der Waals surface area contributed by atoms with E-state index in [0.29, 0.717) is 47.4 Å². The van der Waals surface area contributed by atoms with E-state index in [1.807, 2.05) is 42.5 Å². The summed E-state index contributed by atoms with van der Waals surface area (Å²) in [6, 6.07) is 19.2. The zero-order chi connectivity index (χ0) is 24.3. The highest BCUT2D eigenvalue weighted by Crippen LogP contribution is 2.23. The average Bonchev–Trinajstić information content (AvgIpc) is 2.85. The Kier molecular flexibility index (Phi) is 9.94. The van der Waals surface area contributed by atoms with Crippen LogP contribution in [-0.4, -0.2) is 46.0 Å². The number of benzene rings is 3. The molecule has 5 N–H and O–H groups in total. The Balaban J connectivity index is 1.46. The van der Waals surface area contributed by atoms with Crippen LogP contribution in [0.15, 0.2) is 66.7 Å². The fraction of sp³-hybridized carbons (Fsp3) is 0.280. The van der Waals surface area contributed by atoms with Crippen LogP contribution in [0.2, 0.25) is 0 Å². The third kappa shape index (κ3) is 7.87. The predicted molar refractivity (Wildman–Crippen MR) is 130 cm³/mol. The van der Waals surface area contributed by atoms with Crippen molar-refractivity contribution in [3.05, 3.63) is 83.4 Å². The van der Waals surface area contributed by atoms with E-state index in [4.69, 9.17) is 9.47 Å². The summed E-state index contributed by atoms with van der Waals surface area (Å²) < 4.78 is 23.0. The molecule has 0 aromatic heterocycles. The molecule has 0 spiro atoms. The standard InChI is InChI=1S/C25H30NO7P/c27-15-19-13-23(7-8-24(19)29)33-17-21(28)14-26-11-10-18-6-9-25(34(30)31)20(12-18)16-32-22-4-2-1-3-5-22/h1-9,12-13,21,26-29,34H,10-11,14-17H2,(H,30,31). The van der Waals surface area contributed by atoms with Gasteiger partial charge in [0, 0.05) is 23.0 Å². The summed E-state index contributed by atoms with van der Waals surface area (Å²) in [5, 5.41) is 32.5. The third-order valence-corrected chi connectivity index (χ3v) is 6.12. The average molecular weight is 487 g/mol. The number of aliphatic hydroxyl groups excluding tert-OH is 2. The van der Waals surface area contributed by atoms with Crippen molar-refractivity contribution in [1.82, 2.24) is 5.32 Å². The molecule has 0 fully saturated rings. The molecule has 0 aliphatic heterocycles. The first-order chi connectivity index (χ1) is 16.5. The minimum absolute atomic E-state index is 0.00800. The van der Waals surface area contributed by atoms with Gasteiger partial charge in [0.25, 0.3) is 0 Å². The smallest absolute Gasteiger partial charge is 0.218 e. The van der Waals surface area contributed by atoms with Gasteiger partial charge in [0.2, 0.25) is 8.03 Å². The normalized spacial score (nSPS) is 12.8. The van der Waals surface area contributed by atoms with Gasteiger partial charge < -0.3 is 35.0 Å². The van der Waals surface area contributed by atoms with Gasteiger partial charge in [0.1, 0.15) is 36.6 Å². The lowest BCUT2D eigenvalue weighted by Gasteiger charge is -2.15. The van der Waals surface area contributed by atoms with Crippen molar-refractivity contribution in [2.45, 2.75) is 25.7 Å². The minimum Gasteiger partial charge on any atom is -0.508 e. The summed E-state index contributed by atoms with van der Waals surface area (Å²) in [5.74, 6) is 1.13. The van der Waals surface area contributed by atoms with E-state index in [9.17, 15) is 24.8 Å². The van der Waals surface area contributed by atoms with Gasteiger partial charge in [-0.05, 0) is 54.9 Å². The van der Waals surface area contributed by atoms with Gasteiger partial charge in [-0.15, -0.1) is 0 Å². The molecular weight excluding hydrogens is 457 g/mol. The number of hydrogen-bond donors (Lipinski definition) is 5. The molecule has 0 aliphatic carbocycles. The first-order valence-electron chi connectivity index (χ1n) is 10.9. The van der Waals surface area contributed by atoms with Crippen LogP contribution in [0.4, 0.5) is 0 Å². The molecule has 182 valence electrons. The lowest BCUT2D eigenvalue weighted by atomic mass is 10.1. The number of para-hydroxylation sites is 1. The lowest BCUT2D eigenvalue weighted by Crippen LogP contribution is -2.32. The molecule has 1 unspecified atom stereocenters. The van der Waals surface area contributed by atoms with Gasteiger partial charge in [-0.3, -0.25) is 4.57 Å². The van der Waals surface area contributed by atoms with E-state index in [-0.39, 0.29) is 25.6 Å². The Morgan fingerprint density at radius 3 is 2.47 bits per heavy atom. The van der Waals surface area contributed by atoms with E-state index >= 15 is 0 Å². The molecule has 0 amide bonds. The van der Waals surface area contributed by atoms with Gasteiger partial charge in [-0.2, -0.15) is 0 Å². The molecule has 0 aliphatic rings. The second kappa shape index (κ2) is 13.1. The first-order valence-corrected chi connectivity index (χ1v) is 12.3. The van der Waals surface area contributed by atoms with E-state index < -0.39 is 14.1 Å². The Morgan fingerprint density at radius 2 is 1.74 bits per heavy atom. The van der Waals surface area contributed by atoms with Gasteiger partial charge in [-0.1, -0.05) is 30.3 Å². The quantitative estimate of drug-likeness (QED) is 0.183. The van der Waals surface area contributed by atoms with Gasteiger partial charge in [0.05, 0.1) is 6.61 Å². The third-order valence-electron chi connectivity index (χ3n) is 5.17. The monoisotopic (exact) mass is 487 g/mol. The van der Waals surface area contributed by atoms with Crippen molar-refractivity contribution in [3.63, 3.8) is 0 Å². The minimum atomic E-state index is -2.85. The second-order valence-corrected chi connectivity index (χ2v) is 8.91. The molecule has 0 heterocycles. The molecule has 0 radical (unpaired) electrons. The molecule has 8 nitrogen and oxygen atoms in total. The number of phenols is 1. The Morgan fingerprint density at radius 1 is 0.941 bits per heavy atom. The van der Waals surface area contributed by atoms with Crippen molar-refractivity contribution < 1.29 is 34.3 Å². The largest absolute Gasteiger partial charge is 0.508 e. The Hall–Kier alpha value is -2.87. The topological polar surface area (TPSA) is 128 Å². The first kappa shape index (κ1) is 25.7. The second-order valence-electron chi connectivity index (χ2n) is 7.77. The maximum atomic E-state index is 11.7. The zero-order valence-electron chi connectivity index (χ0n) is 18.7. The van der Waals surface area contributed by atoms with E-state index in [1.165, 1.54) is 12.1 Å². The number of nitrogens with one attached hydrogen (secondary N) is 1. The van der Waals surface area contributed by atoms with Gasteiger partial charge >= 0.3 is 0 Å². The predicted octanol–water partition coefficient (Wildman–Crippen LogP) is 2.13. The van der Waals surface area contributed by atoms with Gasteiger partial charge in [-0.25, -0.2) is 0 Å². The SMILES string of the molecule is O=[P@@H](O)c1ccc(CCNCC(O)COc2ccc(O)c(CO)c2)cc1COc1ccccc1. The molecule has 34 heavy (non-hydrogen) atoms. The molecule has 0 bridgehead atoms. The maximum absolute atomic E-state index is 11.7. The highest BCUT2D eigenvalue weighted by atomic mass is 31.1. The zero-order valence-corrected chi connectivity index (χ0v) is 19.7. The Labute approximate surface area is 199 Å². The van der Waals surface area contributed by atoms with Crippen LogP contribution in [0, 0.1) is 0 Å². The van der Waals surface area contributed by atoms with Crippen LogP contribution >= 0.6 is 8.03 Å². The summed E-state index contributed by atoms with van der Waals surface area (Å²) in [7, 11) is -2.85. The van der Waals surface area contributed by atoms with Crippen LogP contribution in [0.25, 0.3) is 0 Å². The van der Waals surface area contributed by atoms with Crippen LogP contribution in [0.3, 0.4) is 0 Å². The number of hydrogen-bond acceptors (Lipinski definition) is 7. The van der Waals surface area contributed by atoms with E-state index in [1.54, 1.807) is 12.1 Å². The molecule has 0 saturated carbocycles. The summed E-state index contributed by atoms with van der Waals surface area (Å²) in [4.78, 5) is 9.66. The summed E-state index contributed by atoms with van der Waals surface area (Å²) in [5.41, 5.74) is 2.02. The van der Waals surface area contributed by atoms with Crippen molar-refractivity contribution in [1.29, 1.82) is 0 Å². The molecule has 3 rings (SSSR count). The van der Waals surface area contributed by atoms with Crippen molar-refractivity contribution in [2.24, 2.45) is 0 Å². The van der Waals surface area contributed by atoms with Crippen LogP contribution in [-0.2, 0) is 24.2 Å². The van der Waals surface area contributed by atoms with Crippen molar-refractivity contribution in [3.8, 4) is 17.2 Å². The molecule has 9 heteroatoms. The molecule has 0 saturated heterocycles. The van der Waals surface area contributed by atoms with E-state index in [0.717, 1.165) is 5.56 Å². The maximum Gasteiger partial charge on any atom is 0.218 e. The van der Waals surface area contributed by atoms with Crippen LogP contribution in [0.5, 0.6) is 17.2 Å². The molecule has 3 aromatic rings. The molecular formula is C25H30NO7P. The summed E-state index contributed by atoms with van der Waals surface area (Å²) in [6.07, 6.45) is -0.0836. The number of aliphatic hydroxyl groups is 2. The highest BCUT2D eigenvalue weighted by molar-refractivity contribution is 7.47. The van der Waals surface area contributed by atoms with E-state index in [2.05, 4.69) is 5.32 Å². The van der Waals surface area contributed by atoms with Crippen molar-refractivity contribution in [2.75, 3.05) is 19.7 Å². The fourth-order valence-electron chi connectivity index (χ4n) is 3.34. The number of aromatic hydroxyl groups is 1. The number of ether oxygens (including phenoxy) is 2. The van der Waals surface area contributed by atoms with Crippen molar-refractivity contribution >= 4 is 13.3 Å². The highest BCUT2D eigenvalue weighted by Gasteiger charge is 2.11. The fourth-order valence-corrected chi connectivity index (χ4v) is 3.98. The Bertz CT molecular complexity index is 1080. The molecule has 3 aromatic carbocycles. The summed E-state index contributed by atoms with van der Waals surface area (Å²) >= 11 is 0. The summed E-state index contributed by atoms with van der Waals surface area (Å²) in [6.45, 7) is 0.866. The van der Waals surface area contributed by atoms with Crippen LogP contribution in [0.1, 0.15) is 16.7 Å².